The Bertz CT molecular complexity index is 626. The lowest BCUT2D eigenvalue weighted by Crippen LogP contribution is -2.20. The third-order valence-corrected chi connectivity index (χ3v) is 2.32. The lowest BCUT2D eigenvalue weighted by molar-refractivity contribution is 0.0862. The van der Waals surface area contributed by atoms with E-state index in [-0.39, 0.29) is 17.7 Å². The summed E-state index contributed by atoms with van der Waals surface area (Å²) in [7, 11) is 0. The van der Waals surface area contributed by atoms with Crippen LogP contribution in [0.2, 0.25) is 0 Å². The molecule has 0 fully saturated rings. The van der Waals surface area contributed by atoms with Gasteiger partial charge in [-0.1, -0.05) is 0 Å². The highest BCUT2D eigenvalue weighted by molar-refractivity contribution is 5.17. The largest absolute Gasteiger partial charge is 0.408 e. The highest BCUT2D eigenvalue weighted by Crippen LogP contribution is 2.09. The van der Waals surface area contributed by atoms with Crippen LogP contribution in [0.1, 0.15) is 11.4 Å². The van der Waals surface area contributed by atoms with Crippen LogP contribution in [-0.2, 0) is 6.61 Å². The smallest absolute Gasteiger partial charge is 0.273 e. The maximum atomic E-state index is 13.3. The zero-order valence-corrected chi connectivity index (χ0v) is 9.56. The van der Waals surface area contributed by atoms with Gasteiger partial charge in [-0.05, 0) is 19.1 Å². The van der Waals surface area contributed by atoms with Gasteiger partial charge in [0, 0.05) is 17.7 Å². The topological polar surface area (TPSA) is 44.1 Å². The van der Waals surface area contributed by atoms with Crippen LogP contribution in [0.15, 0.2) is 35.3 Å². The molecule has 2 aromatic rings. The third kappa shape index (κ3) is 2.71. The summed E-state index contributed by atoms with van der Waals surface area (Å²) in [6, 6.07) is 4.47. The number of aromatic nitrogens is 2. The Morgan fingerprint density at radius 3 is 2.78 bits per heavy atom. The number of aryl methyl sites for hydroxylation is 1. The van der Waals surface area contributed by atoms with E-state index in [1.807, 2.05) is 0 Å². The van der Waals surface area contributed by atoms with Gasteiger partial charge in [0.2, 0.25) is 0 Å². The Balaban J connectivity index is 2.14. The second-order valence-electron chi connectivity index (χ2n) is 3.65. The number of hydrogen-bond acceptors (Lipinski definition) is 3. The molecule has 0 radical (unpaired) electrons. The van der Waals surface area contributed by atoms with Gasteiger partial charge in [-0.15, -0.1) is 0 Å². The maximum Gasteiger partial charge on any atom is 0.273 e. The molecule has 1 heterocycles. The molecule has 1 aromatic carbocycles. The van der Waals surface area contributed by atoms with E-state index < -0.39 is 11.6 Å². The Labute approximate surface area is 101 Å². The van der Waals surface area contributed by atoms with Crippen LogP contribution in [0.3, 0.4) is 0 Å². The van der Waals surface area contributed by atoms with Crippen molar-refractivity contribution in [2.45, 2.75) is 13.5 Å². The molecule has 0 atom stereocenters. The first-order valence-electron chi connectivity index (χ1n) is 5.20. The number of hydrogen-bond donors (Lipinski definition) is 0. The van der Waals surface area contributed by atoms with E-state index in [0.717, 1.165) is 12.1 Å². The summed E-state index contributed by atoms with van der Waals surface area (Å²) in [6.07, 6.45) is 1.39. The Kier molecular flexibility index (Phi) is 3.36. The SMILES string of the molecule is Cc1nc(=O)ccn1OCc1ccc(F)cc1F. The molecule has 0 saturated heterocycles. The first-order chi connectivity index (χ1) is 8.56. The minimum Gasteiger partial charge on any atom is -0.408 e. The normalized spacial score (nSPS) is 10.4. The first-order valence-corrected chi connectivity index (χ1v) is 5.20. The summed E-state index contributed by atoms with van der Waals surface area (Å²) >= 11 is 0. The molecule has 0 N–H and O–H groups in total. The fourth-order valence-corrected chi connectivity index (χ4v) is 1.40. The van der Waals surface area contributed by atoms with Crippen LogP contribution < -0.4 is 10.4 Å². The number of nitrogens with zero attached hydrogens (tertiary/aromatic N) is 2. The fourth-order valence-electron chi connectivity index (χ4n) is 1.40. The van der Waals surface area contributed by atoms with Gasteiger partial charge in [0.05, 0.1) is 6.20 Å². The van der Waals surface area contributed by atoms with Crippen LogP contribution >= 0.6 is 0 Å². The molecule has 0 saturated carbocycles. The van der Waals surface area contributed by atoms with Gasteiger partial charge in [-0.25, -0.2) is 8.78 Å². The van der Waals surface area contributed by atoms with E-state index in [9.17, 15) is 13.6 Å². The Morgan fingerprint density at radius 2 is 2.11 bits per heavy atom. The second-order valence-corrected chi connectivity index (χ2v) is 3.65. The zero-order valence-electron chi connectivity index (χ0n) is 9.56. The highest BCUT2D eigenvalue weighted by atomic mass is 19.1. The quantitative estimate of drug-likeness (QED) is 0.830. The van der Waals surface area contributed by atoms with Crippen LogP contribution in [0.4, 0.5) is 8.78 Å². The Morgan fingerprint density at radius 1 is 1.33 bits per heavy atom. The van der Waals surface area contributed by atoms with Crippen molar-refractivity contribution in [1.82, 2.24) is 9.71 Å². The molecule has 4 nitrogen and oxygen atoms in total. The summed E-state index contributed by atoms with van der Waals surface area (Å²) in [6.45, 7) is 1.50. The molecule has 18 heavy (non-hydrogen) atoms. The van der Waals surface area contributed by atoms with Crippen molar-refractivity contribution in [3.05, 3.63) is 63.8 Å². The molecule has 0 spiro atoms. The fraction of sp³-hybridized carbons (Fsp3) is 0.167. The van der Waals surface area contributed by atoms with Crippen molar-refractivity contribution >= 4 is 0 Å². The van der Waals surface area contributed by atoms with Gasteiger partial charge in [0.1, 0.15) is 24.1 Å². The average molecular weight is 252 g/mol. The summed E-state index contributed by atoms with van der Waals surface area (Å²) in [4.78, 5) is 19.8. The van der Waals surface area contributed by atoms with Crippen molar-refractivity contribution in [2.24, 2.45) is 0 Å². The average Bonchev–Trinajstić information content (AvgIpc) is 2.30. The molecule has 2 rings (SSSR count). The summed E-state index contributed by atoms with van der Waals surface area (Å²) < 4.78 is 27.3. The van der Waals surface area contributed by atoms with Gasteiger partial charge in [0.25, 0.3) is 5.56 Å². The summed E-state index contributed by atoms with van der Waals surface area (Å²) in [5, 5.41) is 0. The lowest BCUT2D eigenvalue weighted by atomic mass is 10.2. The molecular formula is C12H10F2N2O2. The number of rotatable bonds is 3. The molecule has 6 heteroatoms. The molecule has 94 valence electrons. The molecule has 1 aromatic heterocycles. The highest BCUT2D eigenvalue weighted by Gasteiger charge is 2.05. The molecule has 0 unspecified atom stereocenters. The van der Waals surface area contributed by atoms with E-state index in [2.05, 4.69) is 4.98 Å². The van der Waals surface area contributed by atoms with Crippen LogP contribution in [0.25, 0.3) is 0 Å². The first kappa shape index (κ1) is 12.2. The van der Waals surface area contributed by atoms with Crippen LogP contribution in [-0.4, -0.2) is 9.71 Å². The predicted molar refractivity (Wildman–Crippen MR) is 59.9 cm³/mol. The summed E-state index contributed by atoms with van der Waals surface area (Å²) in [5.74, 6) is -0.968. The van der Waals surface area contributed by atoms with Crippen molar-refractivity contribution in [3.8, 4) is 0 Å². The molecule has 0 aliphatic carbocycles. The van der Waals surface area contributed by atoms with E-state index in [4.69, 9.17) is 4.84 Å². The maximum absolute atomic E-state index is 13.3. The van der Waals surface area contributed by atoms with Gasteiger partial charge >= 0.3 is 0 Å². The minimum atomic E-state index is -0.679. The van der Waals surface area contributed by atoms with Gasteiger partial charge in [-0.2, -0.15) is 9.71 Å². The van der Waals surface area contributed by atoms with Gasteiger partial charge in [-0.3, -0.25) is 4.79 Å². The molecular weight excluding hydrogens is 242 g/mol. The molecule has 0 aliphatic heterocycles. The minimum absolute atomic E-state index is 0.0858. The van der Waals surface area contributed by atoms with E-state index >= 15 is 0 Å². The van der Waals surface area contributed by atoms with Crippen LogP contribution in [0, 0.1) is 18.6 Å². The van der Waals surface area contributed by atoms with Crippen LogP contribution in [0.5, 0.6) is 0 Å². The molecule has 0 aliphatic rings. The van der Waals surface area contributed by atoms with Crippen molar-refractivity contribution in [1.29, 1.82) is 0 Å². The third-order valence-electron chi connectivity index (χ3n) is 2.32. The zero-order chi connectivity index (χ0) is 13.1. The number of benzene rings is 1. The standard InChI is InChI=1S/C12H10F2N2O2/c1-8-15-12(17)4-5-16(8)18-7-9-2-3-10(13)6-11(9)14/h2-6H,7H2,1H3. The predicted octanol–water partition coefficient (Wildman–Crippen LogP) is 1.46. The Hall–Kier alpha value is -2.24. The van der Waals surface area contributed by atoms with E-state index in [1.54, 1.807) is 6.92 Å². The van der Waals surface area contributed by atoms with Crippen molar-refractivity contribution in [3.63, 3.8) is 0 Å². The summed E-state index contributed by atoms with van der Waals surface area (Å²) in [5.41, 5.74) is -0.158. The van der Waals surface area contributed by atoms with Gasteiger partial charge < -0.3 is 4.84 Å². The lowest BCUT2D eigenvalue weighted by Gasteiger charge is -2.11. The van der Waals surface area contributed by atoms with Crippen molar-refractivity contribution in [2.75, 3.05) is 0 Å². The molecule has 0 bridgehead atoms. The number of halogens is 2. The van der Waals surface area contributed by atoms with Crippen molar-refractivity contribution < 1.29 is 13.6 Å². The van der Waals surface area contributed by atoms with Gasteiger partial charge in [0.15, 0.2) is 0 Å². The van der Waals surface area contributed by atoms with E-state index in [1.165, 1.54) is 23.1 Å². The monoisotopic (exact) mass is 252 g/mol. The second kappa shape index (κ2) is 4.95. The molecule has 0 amide bonds. The van der Waals surface area contributed by atoms with E-state index in [0.29, 0.717) is 5.82 Å².